The normalized spacial score (nSPS) is 16.5. The first-order valence-corrected chi connectivity index (χ1v) is 11.2. The number of ketones is 1. The predicted molar refractivity (Wildman–Crippen MR) is 116 cm³/mol. The number of anilines is 1. The number of aromatic nitrogens is 6. The Hall–Kier alpha value is -3.21. The van der Waals surface area contributed by atoms with Gasteiger partial charge in [-0.25, -0.2) is 18.3 Å². The first kappa shape index (κ1) is 20.7. The highest BCUT2D eigenvalue weighted by atomic mass is 32.1. The number of thiazole rings is 1. The Labute approximate surface area is 186 Å². The maximum Gasteiger partial charge on any atom is 0.281 e. The summed E-state index contributed by atoms with van der Waals surface area (Å²) in [5.74, 6) is 0.525. The zero-order chi connectivity index (χ0) is 22.4. The number of hydrogen-bond donors (Lipinski definition) is 0. The van der Waals surface area contributed by atoms with Crippen LogP contribution in [-0.4, -0.2) is 47.7 Å². The first-order valence-electron chi connectivity index (χ1n) is 10.3. The molecule has 0 radical (unpaired) electrons. The van der Waals surface area contributed by atoms with Crippen LogP contribution in [0.4, 0.5) is 14.7 Å². The van der Waals surface area contributed by atoms with E-state index in [1.807, 2.05) is 12.1 Å². The lowest BCUT2D eigenvalue weighted by atomic mass is 10.1. The van der Waals surface area contributed by atoms with Crippen LogP contribution in [0.2, 0.25) is 0 Å². The van der Waals surface area contributed by atoms with E-state index in [4.69, 9.17) is 0 Å². The number of alkyl halides is 2. The SMILES string of the molecule is C[C@H]1CCCN1c1nc2cc(CC(=O)c3c(-c4nc(C(F)F)cs4)cnn3C)ccn2n1. The number of hydrogen-bond acceptors (Lipinski definition) is 7. The lowest BCUT2D eigenvalue weighted by Crippen LogP contribution is -2.27. The van der Waals surface area contributed by atoms with E-state index in [9.17, 15) is 13.6 Å². The molecule has 0 saturated carbocycles. The van der Waals surface area contributed by atoms with Gasteiger partial charge < -0.3 is 4.90 Å². The summed E-state index contributed by atoms with van der Waals surface area (Å²) < 4.78 is 29.1. The van der Waals surface area contributed by atoms with Gasteiger partial charge in [-0.1, -0.05) is 0 Å². The molecule has 0 spiro atoms. The molecule has 0 unspecified atom stereocenters. The molecule has 1 saturated heterocycles. The third-order valence-electron chi connectivity index (χ3n) is 5.74. The van der Waals surface area contributed by atoms with Gasteiger partial charge in [-0.05, 0) is 37.5 Å². The molecule has 0 aliphatic carbocycles. The van der Waals surface area contributed by atoms with Gasteiger partial charge in [0.2, 0.25) is 5.95 Å². The largest absolute Gasteiger partial charge is 0.337 e. The Bertz CT molecular complexity index is 1290. The summed E-state index contributed by atoms with van der Waals surface area (Å²) in [4.78, 5) is 24.0. The van der Waals surface area contributed by atoms with Crippen molar-refractivity contribution in [1.82, 2.24) is 29.4 Å². The number of Topliss-reactive ketones (excluding diaryl/α,β-unsaturated/α-hetero) is 1. The molecule has 8 nitrogen and oxygen atoms in total. The van der Waals surface area contributed by atoms with Crippen LogP contribution in [-0.2, 0) is 13.5 Å². The molecule has 5 rings (SSSR count). The van der Waals surface area contributed by atoms with E-state index in [1.165, 1.54) is 16.3 Å². The molecule has 0 aromatic carbocycles. The minimum absolute atomic E-state index is 0.123. The summed E-state index contributed by atoms with van der Waals surface area (Å²) >= 11 is 1.08. The van der Waals surface area contributed by atoms with Gasteiger partial charge in [0.15, 0.2) is 11.4 Å². The number of rotatable bonds is 6. The van der Waals surface area contributed by atoms with E-state index in [2.05, 4.69) is 32.0 Å². The van der Waals surface area contributed by atoms with Crippen LogP contribution in [0.3, 0.4) is 0 Å². The van der Waals surface area contributed by atoms with Crippen molar-refractivity contribution in [2.45, 2.75) is 38.7 Å². The topological polar surface area (TPSA) is 81.2 Å². The highest BCUT2D eigenvalue weighted by Crippen LogP contribution is 2.31. The van der Waals surface area contributed by atoms with Crippen LogP contribution >= 0.6 is 11.3 Å². The van der Waals surface area contributed by atoms with E-state index < -0.39 is 6.43 Å². The molecular formula is C21H21F2N7OS. The van der Waals surface area contributed by atoms with Crippen LogP contribution in [0.15, 0.2) is 29.9 Å². The molecule has 1 atom stereocenters. The number of halogens is 2. The van der Waals surface area contributed by atoms with Crippen molar-refractivity contribution in [3.8, 4) is 10.6 Å². The molecule has 0 bridgehead atoms. The van der Waals surface area contributed by atoms with Gasteiger partial charge in [0, 0.05) is 37.6 Å². The standard InChI is InChI=1S/C21H21F2N7OS/c1-12-4-3-6-29(12)21-26-17-9-13(5-7-30(17)27-21)8-16(31)18-14(10-24-28(18)2)20-25-15(11-32-20)19(22)23/h5,7,9-12,19H,3-4,6,8H2,1-2H3/t12-/m0/s1. The predicted octanol–water partition coefficient (Wildman–Crippen LogP) is 3.94. The van der Waals surface area contributed by atoms with Gasteiger partial charge in [0.1, 0.15) is 16.4 Å². The molecular weight excluding hydrogens is 436 g/mol. The highest BCUT2D eigenvalue weighted by molar-refractivity contribution is 7.13. The first-order chi connectivity index (χ1) is 15.4. The second kappa shape index (κ2) is 8.05. The zero-order valence-corrected chi connectivity index (χ0v) is 18.4. The quantitative estimate of drug-likeness (QED) is 0.408. The summed E-state index contributed by atoms with van der Waals surface area (Å²) in [6.07, 6.45) is 3.01. The van der Waals surface area contributed by atoms with Crippen LogP contribution < -0.4 is 4.90 Å². The summed E-state index contributed by atoms with van der Waals surface area (Å²) in [7, 11) is 1.66. The van der Waals surface area contributed by atoms with Crippen LogP contribution in [0.5, 0.6) is 0 Å². The summed E-state index contributed by atoms with van der Waals surface area (Å²) in [6, 6.07) is 4.10. The third kappa shape index (κ3) is 3.66. The van der Waals surface area contributed by atoms with Crippen molar-refractivity contribution in [3.63, 3.8) is 0 Å². The van der Waals surface area contributed by atoms with E-state index in [0.29, 0.717) is 33.9 Å². The molecule has 1 aliphatic rings. The maximum atomic E-state index is 13.1. The van der Waals surface area contributed by atoms with Crippen LogP contribution in [0.25, 0.3) is 16.2 Å². The second-order valence-electron chi connectivity index (χ2n) is 7.94. The average molecular weight is 458 g/mol. The van der Waals surface area contributed by atoms with E-state index in [-0.39, 0.29) is 17.9 Å². The molecule has 11 heteroatoms. The van der Waals surface area contributed by atoms with Gasteiger partial charge in [0.05, 0.1) is 11.8 Å². The van der Waals surface area contributed by atoms with Gasteiger partial charge in [-0.2, -0.15) is 10.1 Å². The number of nitrogens with zero attached hydrogens (tertiary/aromatic N) is 7. The van der Waals surface area contributed by atoms with Gasteiger partial charge in [-0.3, -0.25) is 9.48 Å². The molecule has 166 valence electrons. The van der Waals surface area contributed by atoms with E-state index >= 15 is 0 Å². The fraction of sp³-hybridized carbons (Fsp3) is 0.381. The van der Waals surface area contributed by atoms with Gasteiger partial charge in [-0.15, -0.1) is 16.4 Å². The van der Waals surface area contributed by atoms with Crippen molar-refractivity contribution < 1.29 is 13.6 Å². The Kier molecular flexibility index (Phi) is 5.20. The van der Waals surface area contributed by atoms with E-state index in [1.54, 1.807) is 17.8 Å². The van der Waals surface area contributed by atoms with Crippen molar-refractivity contribution >= 4 is 28.7 Å². The van der Waals surface area contributed by atoms with Crippen LogP contribution in [0.1, 0.15) is 47.9 Å². The van der Waals surface area contributed by atoms with E-state index in [0.717, 1.165) is 36.3 Å². The van der Waals surface area contributed by atoms with Gasteiger partial charge in [0.25, 0.3) is 6.43 Å². The summed E-state index contributed by atoms with van der Waals surface area (Å²) in [5, 5.41) is 10.4. The summed E-state index contributed by atoms with van der Waals surface area (Å²) in [5.41, 5.74) is 1.97. The number of carbonyl (C=O) groups excluding carboxylic acids is 1. The molecule has 1 fully saturated rings. The Balaban J connectivity index is 1.41. The minimum Gasteiger partial charge on any atom is -0.337 e. The zero-order valence-electron chi connectivity index (χ0n) is 17.6. The lowest BCUT2D eigenvalue weighted by Gasteiger charge is -2.18. The van der Waals surface area contributed by atoms with Crippen molar-refractivity contribution in [3.05, 3.63) is 46.9 Å². The number of pyridine rings is 1. The lowest BCUT2D eigenvalue weighted by molar-refractivity contribution is 0.0984. The van der Waals surface area contributed by atoms with Crippen LogP contribution in [0, 0.1) is 0 Å². The van der Waals surface area contributed by atoms with Crippen molar-refractivity contribution in [2.75, 3.05) is 11.4 Å². The fourth-order valence-electron chi connectivity index (χ4n) is 4.08. The molecule has 4 aromatic heterocycles. The Morgan fingerprint density at radius 1 is 1.34 bits per heavy atom. The number of carbonyl (C=O) groups is 1. The monoisotopic (exact) mass is 457 g/mol. The number of aryl methyl sites for hydroxylation is 1. The molecule has 32 heavy (non-hydrogen) atoms. The molecule has 0 amide bonds. The maximum absolute atomic E-state index is 13.1. The van der Waals surface area contributed by atoms with Gasteiger partial charge >= 0.3 is 0 Å². The molecule has 4 aromatic rings. The highest BCUT2D eigenvalue weighted by Gasteiger charge is 2.25. The second-order valence-corrected chi connectivity index (χ2v) is 8.80. The summed E-state index contributed by atoms with van der Waals surface area (Å²) in [6.45, 7) is 3.11. The average Bonchev–Trinajstić information content (AvgIpc) is 3.52. The molecule has 5 heterocycles. The van der Waals surface area contributed by atoms with Crippen molar-refractivity contribution in [2.24, 2.45) is 7.05 Å². The molecule has 0 N–H and O–H groups in total. The Morgan fingerprint density at radius 2 is 2.19 bits per heavy atom. The third-order valence-corrected chi connectivity index (χ3v) is 6.64. The molecule has 1 aliphatic heterocycles. The smallest absolute Gasteiger partial charge is 0.281 e. The fourth-order valence-corrected chi connectivity index (χ4v) is 4.90. The van der Waals surface area contributed by atoms with Crippen molar-refractivity contribution in [1.29, 1.82) is 0 Å². The number of fused-ring (bicyclic) bond motifs is 1. The Morgan fingerprint density at radius 3 is 2.91 bits per heavy atom. The minimum atomic E-state index is -2.65.